The largest absolute Gasteiger partial charge is 0.366 e. The van der Waals surface area contributed by atoms with Crippen molar-refractivity contribution < 1.29 is 4.79 Å². The van der Waals surface area contributed by atoms with E-state index in [1.54, 1.807) is 6.20 Å². The predicted molar refractivity (Wildman–Crippen MR) is 97.7 cm³/mol. The molecule has 0 aliphatic carbocycles. The monoisotopic (exact) mass is 376 g/mol. The van der Waals surface area contributed by atoms with Gasteiger partial charge in [-0.2, -0.15) is 0 Å². The summed E-state index contributed by atoms with van der Waals surface area (Å²) >= 11 is 3.40. The third kappa shape index (κ3) is 5.56. The zero-order valence-electron chi connectivity index (χ0n) is 13.5. The molecule has 0 saturated carbocycles. The van der Waals surface area contributed by atoms with Crippen molar-refractivity contribution in [2.75, 3.05) is 10.6 Å². The smallest absolute Gasteiger partial charge is 0.319 e. The van der Waals surface area contributed by atoms with E-state index in [1.165, 1.54) is 0 Å². The van der Waals surface area contributed by atoms with Crippen LogP contribution in [0.1, 0.15) is 25.0 Å². The maximum absolute atomic E-state index is 11.6. The second-order valence-electron chi connectivity index (χ2n) is 5.62. The summed E-state index contributed by atoms with van der Waals surface area (Å²) in [5.74, 6) is 0.867. The molecule has 122 valence electrons. The standard InChI is InChI=1S/C17H21BrN4O/c1-11(2)21-17(23)22-15-6-4-13(5-7-15)9-19-16-12(3)8-14(18)10-20-16/h4-8,10-11H,9H2,1-3H3,(H,19,20)(H2,21,22,23). The topological polar surface area (TPSA) is 66.0 Å². The predicted octanol–water partition coefficient (Wildman–Crippen LogP) is 4.29. The molecule has 0 unspecified atom stereocenters. The first kappa shape index (κ1) is 17.3. The number of amides is 2. The number of carbonyl (C=O) groups excluding carboxylic acids is 1. The molecule has 1 aromatic heterocycles. The third-order valence-electron chi connectivity index (χ3n) is 3.14. The lowest BCUT2D eigenvalue weighted by atomic mass is 10.2. The van der Waals surface area contributed by atoms with E-state index in [0.29, 0.717) is 6.54 Å². The molecular weight excluding hydrogens is 356 g/mol. The van der Waals surface area contributed by atoms with Gasteiger partial charge >= 0.3 is 6.03 Å². The summed E-state index contributed by atoms with van der Waals surface area (Å²) in [5, 5.41) is 8.90. The van der Waals surface area contributed by atoms with Gasteiger partial charge in [-0.1, -0.05) is 12.1 Å². The van der Waals surface area contributed by atoms with Crippen LogP contribution in [0.25, 0.3) is 0 Å². The van der Waals surface area contributed by atoms with Gasteiger partial charge in [-0.15, -0.1) is 0 Å². The fourth-order valence-electron chi connectivity index (χ4n) is 2.05. The van der Waals surface area contributed by atoms with Gasteiger partial charge in [0.2, 0.25) is 0 Å². The van der Waals surface area contributed by atoms with Gasteiger partial charge in [0.15, 0.2) is 0 Å². The molecule has 0 spiro atoms. The molecule has 0 atom stereocenters. The fourth-order valence-corrected chi connectivity index (χ4v) is 2.49. The molecular formula is C17H21BrN4O. The molecule has 23 heavy (non-hydrogen) atoms. The molecule has 1 heterocycles. The molecule has 2 aromatic rings. The number of urea groups is 1. The van der Waals surface area contributed by atoms with Crippen LogP contribution in [0.15, 0.2) is 41.0 Å². The highest BCUT2D eigenvalue weighted by Gasteiger charge is 2.04. The van der Waals surface area contributed by atoms with Gasteiger partial charge in [0.25, 0.3) is 0 Å². The summed E-state index contributed by atoms with van der Waals surface area (Å²) < 4.78 is 0.968. The number of rotatable bonds is 5. The average Bonchev–Trinajstić information content (AvgIpc) is 2.47. The minimum atomic E-state index is -0.194. The van der Waals surface area contributed by atoms with E-state index < -0.39 is 0 Å². The first-order valence-electron chi connectivity index (χ1n) is 7.46. The van der Waals surface area contributed by atoms with Crippen LogP contribution in [-0.2, 0) is 6.54 Å². The van der Waals surface area contributed by atoms with E-state index >= 15 is 0 Å². The number of benzene rings is 1. The summed E-state index contributed by atoms with van der Waals surface area (Å²) in [4.78, 5) is 16.0. The quantitative estimate of drug-likeness (QED) is 0.728. The van der Waals surface area contributed by atoms with Gasteiger partial charge in [0.05, 0.1) is 0 Å². The molecule has 6 heteroatoms. The zero-order chi connectivity index (χ0) is 16.8. The van der Waals surface area contributed by atoms with Crippen LogP contribution in [0, 0.1) is 6.92 Å². The fraction of sp³-hybridized carbons (Fsp3) is 0.294. The van der Waals surface area contributed by atoms with E-state index in [2.05, 4.69) is 36.9 Å². The number of nitrogens with one attached hydrogen (secondary N) is 3. The van der Waals surface area contributed by atoms with Crippen molar-refractivity contribution in [3.63, 3.8) is 0 Å². The highest BCUT2D eigenvalue weighted by atomic mass is 79.9. The number of aromatic nitrogens is 1. The Morgan fingerprint density at radius 3 is 2.57 bits per heavy atom. The number of aryl methyl sites for hydroxylation is 1. The molecule has 0 fully saturated rings. The molecule has 5 nitrogen and oxygen atoms in total. The van der Waals surface area contributed by atoms with E-state index in [0.717, 1.165) is 27.1 Å². The number of nitrogens with zero attached hydrogens (tertiary/aromatic N) is 1. The van der Waals surface area contributed by atoms with Crippen molar-refractivity contribution in [1.29, 1.82) is 0 Å². The number of carbonyl (C=O) groups is 1. The molecule has 0 radical (unpaired) electrons. The molecule has 2 amide bonds. The van der Waals surface area contributed by atoms with E-state index in [-0.39, 0.29) is 12.1 Å². The van der Waals surface area contributed by atoms with E-state index in [9.17, 15) is 4.79 Å². The molecule has 0 bridgehead atoms. The molecule has 1 aromatic carbocycles. The van der Waals surface area contributed by atoms with Crippen molar-refractivity contribution in [2.45, 2.75) is 33.4 Å². The van der Waals surface area contributed by atoms with Gasteiger partial charge in [-0.3, -0.25) is 0 Å². The Balaban J connectivity index is 1.91. The number of halogens is 1. The third-order valence-corrected chi connectivity index (χ3v) is 3.57. The second kappa shape index (κ2) is 7.97. The number of anilines is 2. The van der Waals surface area contributed by atoms with Gasteiger partial charge in [0, 0.05) is 28.9 Å². The van der Waals surface area contributed by atoms with Crippen LogP contribution in [0.2, 0.25) is 0 Å². The van der Waals surface area contributed by atoms with Crippen molar-refractivity contribution in [2.24, 2.45) is 0 Å². The van der Waals surface area contributed by atoms with E-state index in [1.807, 2.05) is 51.1 Å². The number of hydrogen-bond donors (Lipinski definition) is 3. The Morgan fingerprint density at radius 1 is 1.26 bits per heavy atom. The lowest BCUT2D eigenvalue weighted by Gasteiger charge is -2.11. The van der Waals surface area contributed by atoms with Crippen LogP contribution in [0.4, 0.5) is 16.3 Å². The Bertz CT molecular complexity index is 671. The summed E-state index contributed by atoms with van der Waals surface area (Å²) in [6, 6.07) is 9.67. The summed E-state index contributed by atoms with van der Waals surface area (Å²) in [6.07, 6.45) is 1.77. The highest BCUT2D eigenvalue weighted by Crippen LogP contribution is 2.18. The Kier molecular flexibility index (Phi) is 5.98. The van der Waals surface area contributed by atoms with Crippen molar-refractivity contribution in [1.82, 2.24) is 10.3 Å². The van der Waals surface area contributed by atoms with Crippen molar-refractivity contribution in [3.8, 4) is 0 Å². The van der Waals surface area contributed by atoms with E-state index in [4.69, 9.17) is 0 Å². The van der Waals surface area contributed by atoms with Gasteiger partial charge in [-0.05, 0) is 66.0 Å². The molecule has 3 N–H and O–H groups in total. The molecule has 0 aliphatic rings. The van der Waals surface area contributed by atoms with Crippen LogP contribution >= 0.6 is 15.9 Å². The Morgan fingerprint density at radius 2 is 1.96 bits per heavy atom. The number of hydrogen-bond acceptors (Lipinski definition) is 3. The first-order valence-corrected chi connectivity index (χ1v) is 8.26. The van der Waals surface area contributed by atoms with Crippen molar-refractivity contribution >= 4 is 33.5 Å². The van der Waals surface area contributed by atoms with Gasteiger partial charge in [0.1, 0.15) is 5.82 Å². The number of pyridine rings is 1. The zero-order valence-corrected chi connectivity index (χ0v) is 15.1. The van der Waals surface area contributed by atoms with Crippen LogP contribution in [0.3, 0.4) is 0 Å². The van der Waals surface area contributed by atoms with Gasteiger partial charge in [-0.25, -0.2) is 9.78 Å². The molecule has 0 saturated heterocycles. The normalized spacial score (nSPS) is 10.5. The molecule has 2 rings (SSSR count). The van der Waals surface area contributed by atoms with Gasteiger partial charge < -0.3 is 16.0 Å². The Hall–Kier alpha value is -2.08. The van der Waals surface area contributed by atoms with Crippen LogP contribution in [0.5, 0.6) is 0 Å². The van der Waals surface area contributed by atoms with Crippen LogP contribution < -0.4 is 16.0 Å². The maximum atomic E-state index is 11.6. The molecule has 0 aliphatic heterocycles. The summed E-state index contributed by atoms with van der Waals surface area (Å²) in [7, 11) is 0. The minimum absolute atomic E-state index is 0.111. The SMILES string of the molecule is Cc1cc(Br)cnc1NCc1ccc(NC(=O)NC(C)C)cc1. The lowest BCUT2D eigenvalue weighted by molar-refractivity contribution is 0.250. The summed E-state index contributed by atoms with van der Waals surface area (Å²) in [5.41, 5.74) is 2.97. The second-order valence-corrected chi connectivity index (χ2v) is 6.54. The first-order chi connectivity index (χ1) is 10.9. The average molecular weight is 377 g/mol. The Labute approximate surface area is 145 Å². The van der Waals surface area contributed by atoms with Crippen LogP contribution in [-0.4, -0.2) is 17.1 Å². The minimum Gasteiger partial charge on any atom is -0.366 e. The highest BCUT2D eigenvalue weighted by molar-refractivity contribution is 9.10. The lowest BCUT2D eigenvalue weighted by Crippen LogP contribution is -2.34. The maximum Gasteiger partial charge on any atom is 0.319 e. The van der Waals surface area contributed by atoms with Crippen molar-refractivity contribution in [3.05, 3.63) is 52.1 Å². The summed E-state index contributed by atoms with van der Waals surface area (Å²) in [6.45, 7) is 6.54.